The number of rotatable bonds is 3. The van der Waals surface area contributed by atoms with Gasteiger partial charge in [-0.2, -0.15) is 0 Å². The number of carbonyl (C=O) groups excluding carboxylic acids is 1. The molecule has 0 spiro atoms. The average Bonchev–Trinajstić information content (AvgIpc) is 2.29. The fraction of sp³-hybridized carbons (Fsp3) is 0.154. The van der Waals surface area contributed by atoms with E-state index in [9.17, 15) is 4.79 Å². The van der Waals surface area contributed by atoms with Crippen LogP contribution < -0.4 is 5.73 Å². The van der Waals surface area contributed by atoms with Crippen LogP contribution in [-0.2, 0) is 11.2 Å². The predicted octanol–water partition coefficient (Wildman–Crippen LogP) is 2.67. The molecular formula is C13H12INO. The molecule has 0 bridgehead atoms. The fourth-order valence-electron chi connectivity index (χ4n) is 1.79. The molecule has 0 aliphatic heterocycles. The Balaban J connectivity index is 2.41. The van der Waals surface area contributed by atoms with Crippen LogP contribution in [0.1, 0.15) is 5.56 Å². The van der Waals surface area contributed by atoms with E-state index in [0.29, 0.717) is 6.42 Å². The van der Waals surface area contributed by atoms with Crippen molar-refractivity contribution in [3.63, 3.8) is 0 Å². The van der Waals surface area contributed by atoms with Crippen LogP contribution in [0.15, 0.2) is 42.5 Å². The fourth-order valence-corrected chi connectivity index (χ4v) is 2.01. The van der Waals surface area contributed by atoms with Gasteiger partial charge in [-0.05, 0) is 22.8 Å². The Morgan fingerprint density at radius 3 is 2.62 bits per heavy atom. The van der Waals surface area contributed by atoms with E-state index in [1.807, 2.05) is 24.3 Å². The minimum Gasteiger partial charge on any atom is -0.321 e. The van der Waals surface area contributed by atoms with Gasteiger partial charge in [0, 0.05) is 22.6 Å². The molecule has 0 amide bonds. The molecule has 3 heteroatoms. The van der Waals surface area contributed by atoms with Gasteiger partial charge in [0.05, 0.1) is 6.04 Å². The van der Waals surface area contributed by atoms with Crippen molar-refractivity contribution in [3.8, 4) is 0 Å². The molecule has 1 atom stereocenters. The molecule has 0 saturated carbocycles. The molecule has 2 N–H and O–H groups in total. The zero-order chi connectivity index (χ0) is 11.5. The molecule has 0 saturated heterocycles. The van der Waals surface area contributed by atoms with Crippen LogP contribution in [-0.4, -0.2) is 9.83 Å². The third kappa shape index (κ3) is 2.41. The zero-order valence-electron chi connectivity index (χ0n) is 8.69. The van der Waals surface area contributed by atoms with Gasteiger partial charge in [-0.3, -0.25) is 4.79 Å². The Kier molecular flexibility index (Phi) is 3.56. The van der Waals surface area contributed by atoms with E-state index in [2.05, 4.69) is 18.2 Å². The highest BCUT2D eigenvalue weighted by Gasteiger charge is 2.11. The monoisotopic (exact) mass is 325 g/mol. The smallest absolute Gasteiger partial charge is 0.209 e. The maximum atomic E-state index is 11.1. The van der Waals surface area contributed by atoms with Crippen molar-refractivity contribution in [2.45, 2.75) is 12.5 Å². The van der Waals surface area contributed by atoms with Crippen LogP contribution in [0.3, 0.4) is 0 Å². The second-order valence-electron chi connectivity index (χ2n) is 3.75. The Morgan fingerprint density at radius 2 is 1.88 bits per heavy atom. The number of benzene rings is 2. The molecule has 0 heterocycles. The van der Waals surface area contributed by atoms with Crippen molar-refractivity contribution in [2.75, 3.05) is 0 Å². The molecule has 0 aliphatic carbocycles. The first-order valence-electron chi connectivity index (χ1n) is 5.10. The third-order valence-electron chi connectivity index (χ3n) is 2.61. The normalized spacial score (nSPS) is 12.6. The standard InChI is InChI=1S/C13H12INO/c14-13(16)12(15)8-10-6-3-5-9-4-1-2-7-11(9)10/h1-7,12H,8,15H2/t12-/m0/s1. The van der Waals surface area contributed by atoms with E-state index in [1.165, 1.54) is 10.8 Å². The molecule has 0 aromatic heterocycles. The molecule has 2 nitrogen and oxygen atoms in total. The lowest BCUT2D eigenvalue weighted by atomic mass is 10.00. The molecular weight excluding hydrogens is 313 g/mol. The molecule has 16 heavy (non-hydrogen) atoms. The van der Waals surface area contributed by atoms with Crippen LogP contribution in [0.5, 0.6) is 0 Å². The minimum absolute atomic E-state index is 0.00512. The molecule has 0 fully saturated rings. The molecule has 0 aliphatic rings. The number of hydrogen-bond donors (Lipinski definition) is 1. The SMILES string of the molecule is N[C@@H](Cc1cccc2ccccc12)C(=O)I. The van der Waals surface area contributed by atoms with Gasteiger partial charge in [-0.1, -0.05) is 42.5 Å². The van der Waals surface area contributed by atoms with Gasteiger partial charge in [0.1, 0.15) is 0 Å². The van der Waals surface area contributed by atoms with Gasteiger partial charge in [0.2, 0.25) is 3.79 Å². The third-order valence-corrected chi connectivity index (χ3v) is 3.41. The molecule has 2 rings (SSSR count). The number of halogens is 1. The van der Waals surface area contributed by atoms with Crippen molar-refractivity contribution in [2.24, 2.45) is 5.73 Å². The summed E-state index contributed by atoms with van der Waals surface area (Å²) < 4.78 is 0.00512. The first-order chi connectivity index (χ1) is 7.68. The lowest BCUT2D eigenvalue weighted by Gasteiger charge is -2.09. The van der Waals surface area contributed by atoms with Crippen molar-refractivity contribution >= 4 is 37.2 Å². The topological polar surface area (TPSA) is 43.1 Å². The van der Waals surface area contributed by atoms with Crippen LogP contribution >= 0.6 is 22.6 Å². The predicted molar refractivity (Wildman–Crippen MR) is 74.7 cm³/mol. The van der Waals surface area contributed by atoms with Crippen molar-refractivity contribution in [1.29, 1.82) is 0 Å². The summed E-state index contributed by atoms with van der Waals surface area (Å²) in [5.41, 5.74) is 6.92. The average molecular weight is 325 g/mol. The number of carbonyl (C=O) groups is 1. The van der Waals surface area contributed by atoms with E-state index < -0.39 is 6.04 Å². The first kappa shape index (κ1) is 11.5. The summed E-state index contributed by atoms with van der Waals surface area (Å²) in [5.74, 6) is 0. The van der Waals surface area contributed by atoms with Crippen LogP contribution in [0.2, 0.25) is 0 Å². The van der Waals surface area contributed by atoms with Gasteiger partial charge < -0.3 is 5.73 Å². The number of hydrogen-bond acceptors (Lipinski definition) is 2. The summed E-state index contributed by atoms with van der Waals surface area (Å²) in [6, 6.07) is 13.8. The van der Waals surface area contributed by atoms with E-state index in [0.717, 1.165) is 5.56 Å². The summed E-state index contributed by atoms with van der Waals surface area (Å²) in [5, 5.41) is 2.37. The van der Waals surface area contributed by atoms with Gasteiger partial charge >= 0.3 is 0 Å². The largest absolute Gasteiger partial charge is 0.321 e. The Bertz CT molecular complexity index is 519. The van der Waals surface area contributed by atoms with E-state index in [4.69, 9.17) is 5.73 Å². The highest BCUT2D eigenvalue weighted by molar-refractivity contribution is 14.1. The van der Waals surface area contributed by atoms with Crippen molar-refractivity contribution < 1.29 is 4.79 Å². The van der Waals surface area contributed by atoms with Gasteiger partial charge in [0.15, 0.2) is 0 Å². The van der Waals surface area contributed by atoms with Crippen LogP contribution in [0.25, 0.3) is 10.8 Å². The van der Waals surface area contributed by atoms with Crippen molar-refractivity contribution in [1.82, 2.24) is 0 Å². The Labute approximate surface area is 108 Å². The summed E-state index contributed by atoms with van der Waals surface area (Å²) in [6.45, 7) is 0. The van der Waals surface area contributed by atoms with E-state index in [-0.39, 0.29) is 3.79 Å². The molecule has 82 valence electrons. The van der Waals surface area contributed by atoms with Crippen LogP contribution in [0.4, 0.5) is 0 Å². The summed E-state index contributed by atoms with van der Waals surface area (Å²) >= 11 is 1.76. The summed E-state index contributed by atoms with van der Waals surface area (Å²) in [6.07, 6.45) is 0.600. The van der Waals surface area contributed by atoms with Crippen LogP contribution in [0, 0.1) is 0 Å². The quantitative estimate of drug-likeness (QED) is 0.696. The Hall–Kier alpha value is -0.940. The van der Waals surface area contributed by atoms with Gasteiger partial charge in [0.25, 0.3) is 0 Å². The minimum atomic E-state index is -0.411. The van der Waals surface area contributed by atoms with E-state index in [1.54, 1.807) is 22.6 Å². The molecule has 2 aromatic carbocycles. The zero-order valence-corrected chi connectivity index (χ0v) is 10.8. The maximum absolute atomic E-state index is 11.1. The summed E-state index contributed by atoms with van der Waals surface area (Å²) in [7, 11) is 0. The lowest BCUT2D eigenvalue weighted by Crippen LogP contribution is -2.28. The Morgan fingerprint density at radius 1 is 1.19 bits per heavy atom. The highest BCUT2D eigenvalue weighted by Crippen LogP contribution is 2.19. The van der Waals surface area contributed by atoms with Gasteiger partial charge in [-0.25, -0.2) is 0 Å². The van der Waals surface area contributed by atoms with E-state index >= 15 is 0 Å². The van der Waals surface area contributed by atoms with Crippen molar-refractivity contribution in [3.05, 3.63) is 48.0 Å². The number of fused-ring (bicyclic) bond motifs is 1. The second-order valence-corrected chi connectivity index (χ2v) is 4.82. The number of nitrogens with two attached hydrogens (primary N) is 1. The first-order valence-corrected chi connectivity index (χ1v) is 6.18. The molecule has 2 aromatic rings. The molecule has 0 unspecified atom stereocenters. The summed E-state index contributed by atoms with van der Waals surface area (Å²) in [4.78, 5) is 11.1. The van der Waals surface area contributed by atoms with Gasteiger partial charge in [-0.15, -0.1) is 0 Å². The maximum Gasteiger partial charge on any atom is 0.209 e. The lowest BCUT2D eigenvalue weighted by molar-refractivity contribution is -0.110. The highest BCUT2D eigenvalue weighted by atomic mass is 127. The molecule has 0 radical (unpaired) electrons. The second kappa shape index (κ2) is 4.93.